The van der Waals surface area contributed by atoms with Crippen LogP contribution in [0.3, 0.4) is 0 Å². The van der Waals surface area contributed by atoms with Gasteiger partial charge in [0.2, 0.25) is 0 Å². The molecule has 1 fully saturated rings. The average molecular weight is 166 g/mol. The molecule has 0 amide bonds. The Balaban J connectivity index is 1.77. The van der Waals surface area contributed by atoms with E-state index in [1.807, 2.05) is 0 Å². The maximum absolute atomic E-state index is 4.44. The molecule has 0 atom stereocenters. The Hall–Kier alpha value is -0.530. The van der Waals surface area contributed by atoms with Gasteiger partial charge in [-0.2, -0.15) is 0 Å². The van der Waals surface area contributed by atoms with Gasteiger partial charge in [-0.25, -0.2) is 0 Å². The lowest BCUT2D eigenvalue weighted by Gasteiger charge is -2.21. The van der Waals surface area contributed by atoms with Gasteiger partial charge in [0.1, 0.15) is 0 Å². The van der Waals surface area contributed by atoms with Gasteiger partial charge >= 0.3 is 0 Å². The lowest BCUT2D eigenvalue weighted by atomic mass is 9.87. The van der Waals surface area contributed by atoms with E-state index in [0.29, 0.717) is 0 Å². The van der Waals surface area contributed by atoms with Crippen molar-refractivity contribution in [3.8, 4) is 0 Å². The Kier molecular flexibility index (Phi) is 2.64. The molecule has 1 aliphatic heterocycles. The topological polar surface area (TPSA) is 24.4 Å². The van der Waals surface area contributed by atoms with Gasteiger partial charge in [-0.1, -0.05) is 32.1 Å². The lowest BCUT2D eigenvalue weighted by molar-refractivity contribution is 0.367. The molecule has 0 spiro atoms. The standard InChI is InChI=1S/C10H18N2/c1-2-4-9(5-3-1)8-10-11-6-7-12-10/h9H,1-8H2,(H,11,12). The summed E-state index contributed by atoms with van der Waals surface area (Å²) in [6.07, 6.45) is 8.42. The Morgan fingerprint density at radius 3 is 2.75 bits per heavy atom. The molecule has 0 bridgehead atoms. The third-order valence-corrected chi connectivity index (χ3v) is 2.95. The quantitative estimate of drug-likeness (QED) is 0.666. The van der Waals surface area contributed by atoms with Gasteiger partial charge < -0.3 is 5.32 Å². The predicted molar refractivity (Wildman–Crippen MR) is 51.5 cm³/mol. The Bertz CT molecular complexity index is 169. The summed E-state index contributed by atoms with van der Waals surface area (Å²) in [5.41, 5.74) is 0. The van der Waals surface area contributed by atoms with Gasteiger partial charge in [-0.05, 0) is 5.92 Å². The third-order valence-electron chi connectivity index (χ3n) is 2.95. The Morgan fingerprint density at radius 1 is 1.25 bits per heavy atom. The summed E-state index contributed by atoms with van der Waals surface area (Å²) < 4.78 is 0. The molecule has 0 radical (unpaired) electrons. The van der Waals surface area contributed by atoms with E-state index >= 15 is 0 Å². The van der Waals surface area contributed by atoms with Crippen LogP contribution in [0.5, 0.6) is 0 Å². The molecule has 0 saturated heterocycles. The smallest absolute Gasteiger partial charge is 0.0967 e. The molecule has 0 aromatic rings. The average Bonchev–Trinajstić information content (AvgIpc) is 2.59. The van der Waals surface area contributed by atoms with Crippen molar-refractivity contribution in [2.75, 3.05) is 13.1 Å². The van der Waals surface area contributed by atoms with Crippen LogP contribution >= 0.6 is 0 Å². The van der Waals surface area contributed by atoms with Crippen LogP contribution in [0.2, 0.25) is 0 Å². The summed E-state index contributed by atoms with van der Waals surface area (Å²) in [5, 5.41) is 3.35. The maximum atomic E-state index is 4.44. The molecule has 1 aliphatic carbocycles. The van der Waals surface area contributed by atoms with Crippen molar-refractivity contribution in [2.45, 2.75) is 38.5 Å². The fourth-order valence-electron chi connectivity index (χ4n) is 2.25. The molecule has 0 aromatic carbocycles. The fourth-order valence-corrected chi connectivity index (χ4v) is 2.25. The van der Waals surface area contributed by atoms with Crippen LogP contribution in [0.1, 0.15) is 38.5 Å². The van der Waals surface area contributed by atoms with Crippen LogP contribution in [-0.2, 0) is 0 Å². The van der Waals surface area contributed by atoms with Crippen LogP contribution in [0.4, 0.5) is 0 Å². The summed E-state index contributed by atoms with van der Waals surface area (Å²) in [6.45, 7) is 2.07. The van der Waals surface area contributed by atoms with Crippen molar-refractivity contribution < 1.29 is 0 Å². The summed E-state index contributed by atoms with van der Waals surface area (Å²) >= 11 is 0. The van der Waals surface area contributed by atoms with Crippen LogP contribution < -0.4 is 5.32 Å². The molecule has 2 nitrogen and oxygen atoms in total. The fraction of sp³-hybridized carbons (Fsp3) is 0.900. The largest absolute Gasteiger partial charge is 0.372 e. The highest BCUT2D eigenvalue weighted by molar-refractivity contribution is 5.83. The highest BCUT2D eigenvalue weighted by Crippen LogP contribution is 2.26. The van der Waals surface area contributed by atoms with Crippen molar-refractivity contribution >= 4 is 5.84 Å². The van der Waals surface area contributed by atoms with Gasteiger partial charge in [0.05, 0.1) is 12.4 Å². The molecular formula is C10H18N2. The first kappa shape index (κ1) is 8.09. The molecule has 2 heteroatoms. The van der Waals surface area contributed by atoms with Gasteiger partial charge in [-0.15, -0.1) is 0 Å². The number of rotatable bonds is 2. The van der Waals surface area contributed by atoms with E-state index in [2.05, 4.69) is 10.3 Å². The molecule has 12 heavy (non-hydrogen) atoms. The van der Waals surface area contributed by atoms with Crippen LogP contribution in [0.25, 0.3) is 0 Å². The van der Waals surface area contributed by atoms with Crippen LogP contribution in [-0.4, -0.2) is 18.9 Å². The minimum absolute atomic E-state index is 0.933. The zero-order chi connectivity index (χ0) is 8.23. The second-order valence-electron chi connectivity index (χ2n) is 3.96. The predicted octanol–water partition coefficient (Wildman–Crippen LogP) is 1.96. The SMILES string of the molecule is C1CCC(CC2=NCCN2)CC1. The zero-order valence-electron chi connectivity index (χ0n) is 7.68. The summed E-state index contributed by atoms with van der Waals surface area (Å²) in [5.74, 6) is 2.21. The highest BCUT2D eigenvalue weighted by atomic mass is 15.1. The molecule has 2 rings (SSSR count). The molecule has 68 valence electrons. The Labute approximate surface area is 74.5 Å². The molecule has 1 heterocycles. The van der Waals surface area contributed by atoms with Crippen molar-refractivity contribution in [1.82, 2.24) is 5.32 Å². The molecule has 1 saturated carbocycles. The first-order chi connectivity index (χ1) is 5.95. The minimum atomic E-state index is 0.933. The van der Waals surface area contributed by atoms with Gasteiger partial charge in [0.15, 0.2) is 0 Å². The van der Waals surface area contributed by atoms with E-state index in [-0.39, 0.29) is 0 Å². The van der Waals surface area contributed by atoms with E-state index in [1.165, 1.54) is 44.4 Å². The number of amidine groups is 1. The van der Waals surface area contributed by atoms with Crippen molar-refractivity contribution in [2.24, 2.45) is 10.9 Å². The van der Waals surface area contributed by atoms with E-state index in [0.717, 1.165) is 19.0 Å². The molecule has 0 unspecified atom stereocenters. The lowest BCUT2D eigenvalue weighted by Crippen LogP contribution is -2.22. The van der Waals surface area contributed by atoms with E-state index < -0.39 is 0 Å². The number of hydrogen-bond donors (Lipinski definition) is 1. The molecule has 0 aromatic heterocycles. The number of nitrogens with one attached hydrogen (secondary N) is 1. The van der Waals surface area contributed by atoms with Crippen molar-refractivity contribution in [1.29, 1.82) is 0 Å². The minimum Gasteiger partial charge on any atom is -0.372 e. The maximum Gasteiger partial charge on any atom is 0.0967 e. The first-order valence-corrected chi connectivity index (χ1v) is 5.22. The van der Waals surface area contributed by atoms with Gasteiger partial charge in [0.25, 0.3) is 0 Å². The summed E-state index contributed by atoms with van der Waals surface area (Å²) in [6, 6.07) is 0. The van der Waals surface area contributed by atoms with E-state index in [4.69, 9.17) is 0 Å². The van der Waals surface area contributed by atoms with E-state index in [1.54, 1.807) is 0 Å². The Morgan fingerprint density at radius 2 is 2.08 bits per heavy atom. The number of aliphatic imine (C=N–C) groups is 1. The van der Waals surface area contributed by atoms with Crippen LogP contribution in [0.15, 0.2) is 4.99 Å². The summed E-state index contributed by atoms with van der Waals surface area (Å²) in [7, 11) is 0. The number of nitrogens with zero attached hydrogens (tertiary/aromatic N) is 1. The van der Waals surface area contributed by atoms with Gasteiger partial charge in [-0.3, -0.25) is 4.99 Å². The third kappa shape index (κ3) is 1.99. The van der Waals surface area contributed by atoms with Gasteiger partial charge in [0, 0.05) is 13.0 Å². The highest BCUT2D eigenvalue weighted by Gasteiger charge is 2.16. The second kappa shape index (κ2) is 3.92. The second-order valence-corrected chi connectivity index (χ2v) is 3.96. The first-order valence-electron chi connectivity index (χ1n) is 5.22. The normalized spacial score (nSPS) is 25.2. The molecular weight excluding hydrogens is 148 g/mol. The zero-order valence-corrected chi connectivity index (χ0v) is 7.68. The monoisotopic (exact) mass is 166 g/mol. The molecule has 2 aliphatic rings. The van der Waals surface area contributed by atoms with Crippen LogP contribution in [0, 0.1) is 5.92 Å². The van der Waals surface area contributed by atoms with E-state index in [9.17, 15) is 0 Å². The molecule has 1 N–H and O–H groups in total. The van der Waals surface area contributed by atoms with Crippen molar-refractivity contribution in [3.63, 3.8) is 0 Å². The number of hydrogen-bond acceptors (Lipinski definition) is 2. The summed E-state index contributed by atoms with van der Waals surface area (Å²) in [4.78, 5) is 4.44. The van der Waals surface area contributed by atoms with Crippen molar-refractivity contribution in [3.05, 3.63) is 0 Å².